The fourth-order valence-corrected chi connectivity index (χ4v) is 1.42. The second-order valence-corrected chi connectivity index (χ2v) is 4.06. The number of aliphatic hydroxyl groups is 2. The van der Waals surface area contributed by atoms with Gasteiger partial charge in [0.2, 0.25) is 0 Å². The molecule has 19 heavy (non-hydrogen) atoms. The van der Waals surface area contributed by atoms with Crippen LogP contribution in [0.2, 0.25) is 0 Å². The lowest BCUT2D eigenvalue weighted by Gasteiger charge is -2.15. The summed E-state index contributed by atoms with van der Waals surface area (Å²) in [4.78, 5) is 21.7. The highest BCUT2D eigenvalue weighted by molar-refractivity contribution is 5.71. The van der Waals surface area contributed by atoms with Crippen LogP contribution in [0.1, 0.15) is 31.1 Å². The number of ether oxygens (including phenoxy) is 1. The van der Waals surface area contributed by atoms with Gasteiger partial charge < -0.3 is 20.1 Å². The van der Waals surface area contributed by atoms with Crippen molar-refractivity contribution in [1.82, 2.24) is 9.78 Å². The maximum atomic E-state index is 11.0. The zero-order valence-corrected chi connectivity index (χ0v) is 10.6. The molecule has 0 amide bonds. The molecule has 0 aliphatic carbocycles. The predicted octanol–water partition coefficient (Wildman–Crippen LogP) is -0.514. The summed E-state index contributed by atoms with van der Waals surface area (Å²) in [6, 6.07) is -0.890. The maximum Gasteiger partial charge on any atom is 0.328 e. The number of esters is 1. The number of nitrogens with zero attached hydrogens (tertiary/aromatic N) is 2. The summed E-state index contributed by atoms with van der Waals surface area (Å²) < 4.78 is 5.52. The molecule has 0 bridgehead atoms. The predicted molar refractivity (Wildman–Crippen MR) is 62.2 cm³/mol. The Morgan fingerprint density at radius 3 is 2.63 bits per heavy atom. The van der Waals surface area contributed by atoms with Crippen molar-refractivity contribution in [1.29, 1.82) is 0 Å². The Kier molecular flexibility index (Phi) is 5.02. The van der Waals surface area contributed by atoms with Gasteiger partial charge in [-0.1, -0.05) is 0 Å². The van der Waals surface area contributed by atoms with E-state index in [4.69, 9.17) is 5.11 Å². The highest BCUT2D eigenvalue weighted by atomic mass is 16.5. The van der Waals surface area contributed by atoms with E-state index in [-0.39, 0.29) is 12.0 Å². The van der Waals surface area contributed by atoms with Crippen LogP contribution in [0.5, 0.6) is 0 Å². The molecular weight excluding hydrogens is 256 g/mol. The number of aliphatic hydroxyl groups excluding tert-OH is 2. The first-order chi connectivity index (χ1) is 8.86. The molecule has 3 atom stereocenters. The van der Waals surface area contributed by atoms with Crippen molar-refractivity contribution in [2.45, 2.75) is 31.6 Å². The van der Waals surface area contributed by atoms with Crippen molar-refractivity contribution >= 4 is 11.9 Å². The summed E-state index contributed by atoms with van der Waals surface area (Å²) in [5, 5.41) is 32.0. The third kappa shape index (κ3) is 3.76. The van der Waals surface area contributed by atoms with Crippen molar-refractivity contribution in [2.24, 2.45) is 0 Å². The fraction of sp³-hybridized carbons (Fsp3) is 0.545. The number of aromatic nitrogens is 2. The average molecular weight is 272 g/mol. The molecule has 8 heteroatoms. The Hall–Kier alpha value is -1.93. The third-order valence-corrected chi connectivity index (χ3v) is 2.69. The molecule has 0 saturated carbocycles. The number of rotatable bonds is 6. The quantitative estimate of drug-likeness (QED) is 0.596. The number of methoxy groups -OCH3 is 1. The molecule has 2 unspecified atom stereocenters. The minimum atomic E-state index is -1.34. The summed E-state index contributed by atoms with van der Waals surface area (Å²) in [5.74, 6) is -1.72. The molecule has 0 fully saturated rings. The molecule has 1 aromatic rings. The smallest absolute Gasteiger partial charge is 0.328 e. The van der Waals surface area contributed by atoms with Gasteiger partial charge in [-0.15, -0.1) is 0 Å². The summed E-state index contributed by atoms with van der Waals surface area (Å²) in [7, 11) is 1.17. The molecule has 1 rings (SSSR count). The minimum Gasteiger partial charge on any atom is -0.480 e. The van der Waals surface area contributed by atoms with Crippen LogP contribution in [-0.4, -0.2) is 50.3 Å². The topological polar surface area (TPSA) is 122 Å². The van der Waals surface area contributed by atoms with Crippen molar-refractivity contribution in [2.75, 3.05) is 7.11 Å². The largest absolute Gasteiger partial charge is 0.480 e. The van der Waals surface area contributed by atoms with E-state index in [1.54, 1.807) is 0 Å². The van der Waals surface area contributed by atoms with Gasteiger partial charge in [0.15, 0.2) is 0 Å². The molecule has 106 valence electrons. The Morgan fingerprint density at radius 1 is 1.47 bits per heavy atom. The van der Waals surface area contributed by atoms with Gasteiger partial charge in [-0.3, -0.25) is 9.48 Å². The van der Waals surface area contributed by atoms with Crippen molar-refractivity contribution in [3.05, 3.63) is 18.0 Å². The molecule has 0 saturated heterocycles. The second-order valence-electron chi connectivity index (χ2n) is 4.06. The molecule has 0 aliphatic heterocycles. The Bertz CT molecular complexity index is 458. The van der Waals surface area contributed by atoms with Gasteiger partial charge in [0, 0.05) is 11.8 Å². The van der Waals surface area contributed by atoms with Gasteiger partial charge in [0.25, 0.3) is 0 Å². The number of carbonyl (C=O) groups is 2. The number of aliphatic carboxylic acids is 1. The molecule has 1 heterocycles. The molecule has 0 radical (unpaired) electrons. The SMILES string of the molecule is COC(=O)CC(O)C(O)c1cnn([C@@H](C)C(=O)O)c1. The van der Waals surface area contributed by atoms with E-state index in [0.717, 1.165) is 4.68 Å². The third-order valence-electron chi connectivity index (χ3n) is 2.69. The number of hydrogen-bond donors (Lipinski definition) is 3. The Morgan fingerprint density at radius 2 is 2.11 bits per heavy atom. The van der Waals surface area contributed by atoms with Gasteiger partial charge in [-0.05, 0) is 6.92 Å². The normalized spacial score (nSPS) is 15.6. The molecule has 0 aliphatic rings. The summed E-state index contributed by atoms with van der Waals surface area (Å²) in [5.41, 5.74) is 0.226. The monoisotopic (exact) mass is 272 g/mol. The molecule has 8 nitrogen and oxygen atoms in total. The fourth-order valence-electron chi connectivity index (χ4n) is 1.42. The van der Waals surface area contributed by atoms with Crippen LogP contribution in [0.25, 0.3) is 0 Å². The zero-order valence-electron chi connectivity index (χ0n) is 10.6. The van der Waals surface area contributed by atoms with E-state index < -0.39 is 30.2 Å². The Labute approximate surface area is 109 Å². The van der Waals surface area contributed by atoms with Crippen molar-refractivity contribution < 1.29 is 29.6 Å². The van der Waals surface area contributed by atoms with E-state index in [9.17, 15) is 19.8 Å². The first kappa shape index (κ1) is 15.1. The highest BCUT2D eigenvalue weighted by Crippen LogP contribution is 2.20. The molecule has 0 aromatic carbocycles. The molecular formula is C11H16N2O6. The van der Waals surface area contributed by atoms with Gasteiger partial charge in [0.1, 0.15) is 12.1 Å². The Balaban J connectivity index is 2.75. The number of carboxylic acids is 1. The van der Waals surface area contributed by atoms with E-state index >= 15 is 0 Å². The van der Waals surface area contributed by atoms with E-state index in [1.165, 1.54) is 26.4 Å². The van der Waals surface area contributed by atoms with Gasteiger partial charge in [-0.2, -0.15) is 5.10 Å². The highest BCUT2D eigenvalue weighted by Gasteiger charge is 2.24. The first-order valence-electron chi connectivity index (χ1n) is 5.56. The number of hydrogen-bond acceptors (Lipinski definition) is 6. The molecule has 3 N–H and O–H groups in total. The number of carbonyl (C=O) groups excluding carboxylic acids is 1. The lowest BCUT2D eigenvalue weighted by atomic mass is 10.1. The minimum absolute atomic E-state index is 0.226. The second kappa shape index (κ2) is 6.30. The van der Waals surface area contributed by atoms with Gasteiger partial charge in [-0.25, -0.2) is 4.79 Å². The van der Waals surface area contributed by atoms with Crippen LogP contribution in [0.15, 0.2) is 12.4 Å². The first-order valence-corrected chi connectivity index (χ1v) is 5.56. The number of carboxylic acid groups (broad SMARTS) is 1. The molecule has 0 spiro atoms. The van der Waals surface area contributed by atoms with E-state index in [0.29, 0.717) is 0 Å². The van der Waals surface area contributed by atoms with E-state index in [1.807, 2.05) is 0 Å². The van der Waals surface area contributed by atoms with Crippen LogP contribution in [0, 0.1) is 0 Å². The maximum absolute atomic E-state index is 11.0. The van der Waals surface area contributed by atoms with Crippen LogP contribution in [-0.2, 0) is 14.3 Å². The van der Waals surface area contributed by atoms with Crippen LogP contribution in [0.3, 0.4) is 0 Å². The lowest BCUT2D eigenvalue weighted by molar-refractivity contribution is -0.144. The molecule has 1 aromatic heterocycles. The average Bonchev–Trinajstić information content (AvgIpc) is 2.85. The van der Waals surface area contributed by atoms with Crippen LogP contribution >= 0.6 is 0 Å². The van der Waals surface area contributed by atoms with Gasteiger partial charge in [0.05, 0.1) is 25.8 Å². The van der Waals surface area contributed by atoms with Crippen LogP contribution in [0.4, 0.5) is 0 Å². The van der Waals surface area contributed by atoms with Crippen molar-refractivity contribution in [3.63, 3.8) is 0 Å². The summed E-state index contributed by atoms with van der Waals surface area (Å²) in [6.45, 7) is 1.43. The van der Waals surface area contributed by atoms with E-state index in [2.05, 4.69) is 9.84 Å². The lowest BCUT2D eigenvalue weighted by Crippen LogP contribution is -2.22. The van der Waals surface area contributed by atoms with Crippen molar-refractivity contribution in [3.8, 4) is 0 Å². The van der Waals surface area contributed by atoms with Crippen LogP contribution < -0.4 is 0 Å². The standard InChI is InChI=1S/C11H16N2O6/c1-6(11(17)18)13-5-7(4-12-13)10(16)8(14)3-9(15)19-2/h4-6,8,10,14,16H,3H2,1-2H3,(H,17,18)/t6-,8?,10?/m0/s1. The zero-order chi connectivity index (χ0) is 14.6. The summed E-state index contributed by atoms with van der Waals surface area (Å²) in [6.07, 6.45) is -0.495. The summed E-state index contributed by atoms with van der Waals surface area (Å²) >= 11 is 0. The van der Waals surface area contributed by atoms with Gasteiger partial charge >= 0.3 is 11.9 Å².